The summed E-state index contributed by atoms with van der Waals surface area (Å²) in [7, 11) is 0. The summed E-state index contributed by atoms with van der Waals surface area (Å²) in [5, 5.41) is 0. The molecule has 4 atom stereocenters. The van der Waals surface area contributed by atoms with Crippen molar-refractivity contribution in [2.75, 3.05) is 0 Å². The molecule has 4 unspecified atom stereocenters. The monoisotopic (exact) mass is 257 g/mol. The standard InChI is InChI=1S/C15H15NO3/c1-15-10-5-4-9(7-10)12(15)13(17)16(14(15)18)8-11-3-2-6-19-11/h2-6,9-10,12H,7-8H2,1H3. The molecular weight excluding hydrogens is 242 g/mol. The highest BCUT2D eigenvalue weighted by molar-refractivity contribution is 6.08. The van der Waals surface area contributed by atoms with Crippen LogP contribution in [0.5, 0.6) is 0 Å². The van der Waals surface area contributed by atoms with Gasteiger partial charge in [-0.1, -0.05) is 12.2 Å². The van der Waals surface area contributed by atoms with Crippen molar-refractivity contribution in [3.05, 3.63) is 36.3 Å². The molecule has 2 fully saturated rings. The molecule has 1 saturated heterocycles. The van der Waals surface area contributed by atoms with Crippen molar-refractivity contribution in [3.8, 4) is 0 Å². The van der Waals surface area contributed by atoms with Gasteiger partial charge in [0.25, 0.3) is 0 Å². The summed E-state index contributed by atoms with van der Waals surface area (Å²) < 4.78 is 5.25. The van der Waals surface area contributed by atoms with E-state index in [1.165, 1.54) is 4.90 Å². The Balaban J connectivity index is 1.70. The van der Waals surface area contributed by atoms with Crippen LogP contribution in [-0.4, -0.2) is 16.7 Å². The van der Waals surface area contributed by atoms with Crippen LogP contribution in [0.2, 0.25) is 0 Å². The van der Waals surface area contributed by atoms with Gasteiger partial charge in [-0.25, -0.2) is 0 Å². The molecule has 0 radical (unpaired) electrons. The second-order valence-electron chi connectivity index (χ2n) is 5.96. The predicted molar refractivity (Wildman–Crippen MR) is 66.6 cm³/mol. The van der Waals surface area contributed by atoms with Crippen molar-refractivity contribution in [3.63, 3.8) is 0 Å². The lowest BCUT2D eigenvalue weighted by Gasteiger charge is -2.28. The van der Waals surface area contributed by atoms with Gasteiger partial charge >= 0.3 is 0 Å². The number of hydrogen-bond donors (Lipinski definition) is 0. The summed E-state index contributed by atoms with van der Waals surface area (Å²) >= 11 is 0. The molecule has 2 heterocycles. The van der Waals surface area contributed by atoms with E-state index in [0.717, 1.165) is 6.42 Å². The van der Waals surface area contributed by atoms with Gasteiger partial charge in [-0.15, -0.1) is 0 Å². The topological polar surface area (TPSA) is 50.5 Å². The zero-order valence-corrected chi connectivity index (χ0v) is 10.7. The van der Waals surface area contributed by atoms with Crippen LogP contribution in [0.3, 0.4) is 0 Å². The highest BCUT2D eigenvalue weighted by atomic mass is 16.3. The Labute approximate surface area is 111 Å². The number of hydrogen-bond acceptors (Lipinski definition) is 3. The SMILES string of the molecule is CC12C(=O)N(Cc3ccco3)C(=O)C1C1C=CC2C1. The Bertz CT molecular complexity index is 589. The number of likely N-dealkylation sites (tertiary alicyclic amines) is 1. The van der Waals surface area contributed by atoms with E-state index < -0.39 is 5.41 Å². The maximum Gasteiger partial charge on any atom is 0.236 e. The third-order valence-corrected chi connectivity index (χ3v) is 5.09. The zero-order chi connectivity index (χ0) is 13.2. The average molecular weight is 257 g/mol. The Morgan fingerprint density at radius 3 is 2.95 bits per heavy atom. The molecule has 4 nitrogen and oxygen atoms in total. The lowest BCUT2D eigenvalue weighted by molar-refractivity contribution is -0.143. The van der Waals surface area contributed by atoms with Crippen LogP contribution in [0.1, 0.15) is 19.1 Å². The van der Waals surface area contributed by atoms with Crippen molar-refractivity contribution < 1.29 is 14.0 Å². The highest BCUT2D eigenvalue weighted by Gasteiger charge is 2.67. The molecule has 4 rings (SSSR count). The maximum atomic E-state index is 12.7. The van der Waals surface area contributed by atoms with Crippen molar-refractivity contribution in [2.45, 2.75) is 19.9 Å². The Hall–Kier alpha value is -1.84. The normalized spacial score (nSPS) is 39.4. The summed E-state index contributed by atoms with van der Waals surface area (Å²) in [5.41, 5.74) is -0.525. The van der Waals surface area contributed by atoms with Gasteiger partial charge in [-0.3, -0.25) is 14.5 Å². The molecule has 19 heavy (non-hydrogen) atoms. The van der Waals surface area contributed by atoms with Crippen molar-refractivity contribution in [2.24, 2.45) is 23.2 Å². The number of imide groups is 1. The minimum Gasteiger partial charge on any atom is -0.467 e. The molecule has 0 aromatic carbocycles. The van der Waals surface area contributed by atoms with E-state index in [1.54, 1.807) is 18.4 Å². The number of carbonyl (C=O) groups excluding carboxylic acids is 2. The molecule has 1 saturated carbocycles. The van der Waals surface area contributed by atoms with Gasteiger partial charge in [0, 0.05) is 0 Å². The van der Waals surface area contributed by atoms with E-state index in [-0.39, 0.29) is 36.1 Å². The Kier molecular flexibility index (Phi) is 1.96. The van der Waals surface area contributed by atoms with Gasteiger partial charge in [-0.05, 0) is 37.3 Å². The molecular formula is C15H15NO3. The van der Waals surface area contributed by atoms with E-state index >= 15 is 0 Å². The van der Waals surface area contributed by atoms with Crippen LogP contribution in [0.15, 0.2) is 35.0 Å². The van der Waals surface area contributed by atoms with Gasteiger partial charge in [0.15, 0.2) is 0 Å². The smallest absolute Gasteiger partial charge is 0.236 e. The molecule has 2 amide bonds. The minimum atomic E-state index is -0.525. The number of fused-ring (bicyclic) bond motifs is 5. The summed E-state index contributed by atoms with van der Waals surface area (Å²) in [6, 6.07) is 3.57. The first-order valence-corrected chi connectivity index (χ1v) is 6.69. The minimum absolute atomic E-state index is 0.0271. The summed E-state index contributed by atoms with van der Waals surface area (Å²) in [4.78, 5) is 26.6. The second-order valence-corrected chi connectivity index (χ2v) is 5.96. The summed E-state index contributed by atoms with van der Waals surface area (Å²) in [6.45, 7) is 2.21. The summed E-state index contributed by atoms with van der Waals surface area (Å²) in [6.07, 6.45) is 6.74. The number of amides is 2. The number of rotatable bonds is 2. The molecule has 2 aliphatic carbocycles. The lowest BCUT2D eigenvalue weighted by Crippen LogP contribution is -2.37. The molecule has 2 bridgehead atoms. The fraction of sp³-hybridized carbons (Fsp3) is 0.467. The third-order valence-electron chi connectivity index (χ3n) is 5.09. The van der Waals surface area contributed by atoms with Gasteiger partial charge in [0.2, 0.25) is 11.8 Å². The molecule has 3 aliphatic rings. The van der Waals surface area contributed by atoms with E-state index in [0.29, 0.717) is 5.76 Å². The molecule has 98 valence electrons. The van der Waals surface area contributed by atoms with E-state index in [1.807, 2.05) is 6.92 Å². The zero-order valence-electron chi connectivity index (χ0n) is 10.7. The fourth-order valence-corrected chi connectivity index (χ4v) is 4.09. The van der Waals surface area contributed by atoms with Crippen LogP contribution in [0.25, 0.3) is 0 Å². The van der Waals surface area contributed by atoms with Crippen LogP contribution >= 0.6 is 0 Å². The molecule has 1 aromatic rings. The maximum absolute atomic E-state index is 12.7. The molecule has 1 aliphatic heterocycles. The van der Waals surface area contributed by atoms with Gasteiger partial charge < -0.3 is 4.42 Å². The van der Waals surface area contributed by atoms with Crippen molar-refractivity contribution >= 4 is 11.8 Å². The van der Waals surface area contributed by atoms with Crippen LogP contribution in [0, 0.1) is 23.2 Å². The second kappa shape index (κ2) is 3.38. The number of furan rings is 1. The van der Waals surface area contributed by atoms with Crippen LogP contribution < -0.4 is 0 Å². The molecule has 1 aromatic heterocycles. The first-order chi connectivity index (χ1) is 9.12. The number of nitrogens with zero attached hydrogens (tertiary/aromatic N) is 1. The number of carbonyl (C=O) groups is 2. The van der Waals surface area contributed by atoms with E-state index in [2.05, 4.69) is 12.2 Å². The Morgan fingerprint density at radius 2 is 2.26 bits per heavy atom. The van der Waals surface area contributed by atoms with Gasteiger partial charge in [-0.2, -0.15) is 0 Å². The largest absolute Gasteiger partial charge is 0.467 e. The fourth-order valence-electron chi connectivity index (χ4n) is 4.09. The first-order valence-electron chi connectivity index (χ1n) is 6.69. The Morgan fingerprint density at radius 1 is 1.42 bits per heavy atom. The summed E-state index contributed by atoms with van der Waals surface area (Å²) in [5.74, 6) is 0.903. The van der Waals surface area contributed by atoms with Gasteiger partial charge in [0.1, 0.15) is 5.76 Å². The predicted octanol–water partition coefficient (Wildman–Crippen LogP) is 1.98. The third kappa shape index (κ3) is 1.19. The quantitative estimate of drug-likeness (QED) is 0.601. The lowest BCUT2D eigenvalue weighted by atomic mass is 9.71. The van der Waals surface area contributed by atoms with Crippen molar-refractivity contribution in [1.82, 2.24) is 4.90 Å². The van der Waals surface area contributed by atoms with E-state index in [9.17, 15) is 9.59 Å². The molecule has 0 N–H and O–H groups in total. The molecule has 4 heteroatoms. The molecule has 0 spiro atoms. The van der Waals surface area contributed by atoms with Crippen LogP contribution in [-0.2, 0) is 16.1 Å². The van der Waals surface area contributed by atoms with Crippen molar-refractivity contribution in [1.29, 1.82) is 0 Å². The van der Waals surface area contributed by atoms with E-state index in [4.69, 9.17) is 4.42 Å². The average Bonchev–Trinajstić information content (AvgIpc) is 3.12. The van der Waals surface area contributed by atoms with Gasteiger partial charge in [0.05, 0.1) is 24.1 Å². The highest BCUT2D eigenvalue weighted by Crippen LogP contribution is 2.60. The number of allylic oxidation sites excluding steroid dienone is 2. The van der Waals surface area contributed by atoms with Crippen LogP contribution in [0.4, 0.5) is 0 Å². The first kappa shape index (κ1) is 11.0.